The second-order valence-electron chi connectivity index (χ2n) is 8.72. The van der Waals surface area contributed by atoms with Gasteiger partial charge in [0.15, 0.2) is 0 Å². The van der Waals surface area contributed by atoms with E-state index in [9.17, 15) is 0 Å². The van der Waals surface area contributed by atoms with E-state index in [4.69, 9.17) is 0 Å². The number of halogens is 1. The van der Waals surface area contributed by atoms with Crippen LogP contribution in [0.25, 0.3) is 0 Å². The molecule has 0 bridgehead atoms. The van der Waals surface area contributed by atoms with E-state index in [1.54, 1.807) is 4.88 Å². The average molecular weight is 477 g/mol. The molecule has 1 heterocycles. The predicted octanol–water partition coefficient (Wildman–Crippen LogP) is 9.14. The molecule has 0 radical (unpaired) electrons. The van der Waals surface area contributed by atoms with Gasteiger partial charge in [-0.2, -0.15) is 0 Å². The number of unbranched alkanes of at least 4 members (excludes halogenated alkanes) is 5. The van der Waals surface area contributed by atoms with Crippen LogP contribution in [0.2, 0.25) is 0 Å². The highest BCUT2D eigenvalue weighted by atomic mass is 127. The van der Waals surface area contributed by atoms with Crippen molar-refractivity contribution >= 4 is 33.9 Å². The Morgan fingerprint density at radius 1 is 0.840 bits per heavy atom. The van der Waals surface area contributed by atoms with Gasteiger partial charge in [0.1, 0.15) is 0 Å². The molecule has 0 amide bonds. The number of hydrogen-bond acceptors (Lipinski definition) is 1. The molecule has 0 nitrogen and oxygen atoms in total. The van der Waals surface area contributed by atoms with Crippen LogP contribution in [0.15, 0.2) is 12.1 Å². The lowest BCUT2D eigenvalue weighted by molar-refractivity contribution is 0.0123. The summed E-state index contributed by atoms with van der Waals surface area (Å²) < 4.78 is 1.44. The van der Waals surface area contributed by atoms with Crippen LogP contribution < -0.4 is 0 Å². The number of rotatable bonds is 12. The van der Waals surface area contributed by atoms with Gasteiger partial charge >= 0.3 is 0 Å². The smallest absolute Gasteiger partial charge is 0.0656 e. The van der Waals surface area contributed by atoms with Crippen LogP contribution in [0.1, 0.15) is 104 Å². The zero-order chi connectivity index (χ0) is 19.0. The fourth-order valence-electron chi connectivity index (χ4n) is 5.49. The van der Waals surface area contributed by atoms with Gasteiger partial charge in [-0.05, 0) is 70.2 Å². The van der Waals surface area contributed by atoms with Gasteiger partial charge in [0.05, 0.1) is 2.88 Å². The summed E-state index contributed by atoms with van der Waals surface area (Å²) in [4.78, 5) is 1.63. The molecule has 0 N–H and O–H groups in total. The monoisotopic (exact) mass is 476 g/mol. The van der Waals surface area contributed by atoms with Crippen molar-refractivity contribution in [1.29, 1.82) is 0 Å². The maximum Gasteiger partial charge on any atom is 0.0656 e. The lowest BCUT2D eigenvalue weighted by Crippen LogP contribution is -2.43. The van der Waals surface area contributed by atoms with Gasteiger partial charge in [-0.15, -0.1) is 11.3 Å². The van der Waals surface area contributed by atoms with Crippen molar-refractivity contribution in [3.8, 4) is 0 Å². The molecule has 0 fully saturated rings. The van der Waals surface area contributed by atoms with Gasteiger partial charge in [0, 0.05) is 4.88 Å². The van der Waals surface area contributed by atoms with E-state index < -0.39 is 0 Å². The number of thiophene rings is 1. The summed E-state index contributed by atoms with van der Waals surface area (Å²) in [6.45, 7) is 17.1. The predicted molar refractivity (Wildman–Crippen MR) is 125 cm³/mol. The molecule has 0 aromatic carbocycles. The third-order valence-electron chi connectivity index (χ3n) is 6.39. The summed E-state index contributed by atoms with van der Waals surface area (Å²) in [5.41, 5.74) is 0.386. The first-order valence-corrected chi connectivity index (χ1v) is 12.4. The van der Waals surface area contributed by atoms with Gasteiger partial charge < -0.3 is 0 Å². The normalized spacial score (nSPS) is 14.0. The third kappa shape index (κ3) is 5.96. The molecule has 1 atom stereocenters. The molecule has 146 valence electrons. The highest BCUT2D eigenvalue weighted by molar-refractivity contribution is 14.1. The molecule has 0 aliphatic carbocycles. The molecule has 25 heavy (non-hydrogen) atoms. The van der Waals surface area contributed by atoms with Crippen molar-refractivity contribution in [2.75, 3.05) is 0 Å². The van der Waals surface area contributed by atoms with E-state index in [-0.39, 0.29) is 0 Å². The van der Waals surface area contributed by atoms with E-state index >= 15 is 0 Å². The Balaban J connectivity index is 3.03. The molecule has 0 saturated carbocycles. The Kier molecular flexibility index (Phi) is 10.6. The molecule has 0 spiro atoms. The Labute approximate surface area is 175 Å². The highest BCUT2D eigenvalue weighted by Gasteiger charge is 2.47. The summed E-state index contributed by atoms with van der Waals surface area (Å²) in [5, 5.41) is 0. The Morgan fingerprint density at radius 3 is 1.80 bits per heavy atom. The summed E-state index contributed by atoms with van der Waals surface area (Å²) in [5.74, 6) is 2.82. The van der Waals surface area contributed by atoms with Crippen molar-refractivity contribution in [3.63, 3.8) is 0 Å². The molecule has 1 unspecified atom stereocenters. The van der Waals surface area contributed by atoms with E-state index in [2.05, 4.69) is 83.2 Å². The van der Waals surface area contributed by atoms with Crippen LogP contribution in [0.3, 0.4) is 0 Å². The quantitative estimate of drug-likeness (QED) is 0.208. The van der Waals surface area contributed by atoms with Gasteiger partial charge in [0.2, 0.25) is 0 Å². The maximum absolute atomic E-state index is 2.49. The first kappa shape index (κ1) is 23.5. The minimum Gasteiger partial charge on any atom is -0.134 e. The van der Waals surface area contributed by atoms with E-state index in [0.717, 1.165) is 0 Å². The van der Waals surface area contributed by atoms with Crippen molar-refractivity contribution in [2.45, 2.75) is 99.3 Å². The summed E-state index contributed by atoms with van der Waals surface area (Å²) in [6, 6.07) is 4.75. The Morgan fingerprint density at radius 2 is 1.36 bits per heavy atom. The van der Waals surface area contributed by atoms with Crippen LogP contribution in [-0.4, -0.2) is 0 Å². The van der Waals surface area contributed by atoms with Crippen molar-refractivity contribution in [2.24, 2.45) is 23.2 Å². The van der Waals surface area contributed by atoms with E-state index in [1.165, 1.54) is 47.8 Å². The molecule has 0 aliphatic rings. The maximum atomic E-state index is 2.49. The van der Waals surface area contributed by atoms with Gasteiger partial charge in [-0.1, -0.05) is 87.0 Å². The standard InChI is InChI=1S/C23H41IS/c1-8-9-10-11-12-13-14-20(21-15-16-22(24)25-21)23(17(2)3,18(4)5)19(6)7/h15-20H,8-14H2,1-7H3. The minimum absolute atomic E-state index is 0.386. The van der Waals surface area contributed by atoms with Crippen molar-refractivity contribution in [1.82, 2.24) is 0 Å². The van der Waals surface area contributed by atoms with Crippen LogP contribution in [-0.2, 0) is 0 Å². The average Bonchev–Trinajstić information content (AvgIpc) is 2.94. The minimum atomic E-state index is 0.386. The lowest BCUT2D eigenvalue weighted by Gasteiger charge is -2.51. The van der Waals surface area contributed by atoms with Crippen LogP contribution in [0, 0.1) is 26.1 Å². The first-order chi connectivity index (χ1) is 11.8. The molecular weight excluding hydrogens is 435 g/mol. The summed E-state index contributed by atoms with van der Waals surface area (Å²) in [7, 11) is 0. The molecule has 1 aromatic heterocycles. The van der Waals surface area contributed by atoms with Crippen LogP contribution in [0.4, 0.5) is 0 Å². The zero-order valence-electron chi connectivity index (χ0n) is 17.7. The number of hydrogen-bond donors (Lipinski definition) is 0. The van der Waals surface area contributed by atoms with Gasteiger partial charge in [0.25, 0.3) is 0 Å². The fourth-order valence-corrected chi connectivity index (χ4v) is 7.39. The SMILES string of the molecule is CCCCCCCCC(c1ccc(I)s1)C(C(C)C)(C(C)C)C(C)C. The fraction of sp³-hybridized carbons (Fsp3) is 0.826. The van der Waals surface area contributed by atoms with Crippen LogP contribution >= 0.6 is 33.9 Å². The zero-order valence-corrected chi connectivity index (χ0v) is 20.7. The first-order valence-electron chi connectivity index (χ1n) is 10.5. The lowest BCUT2D eigenvalue weighted by atomic mass is 9.54. The topological polar surface area (TPSA) is 0 Å². The Hall–Kier alpha value is 0.430. The molecule has 0 aliphatic heterocycles. The second kappa shape index (κ2) is 11.3. The molecule has 2 heteroatoms. The second-order valence-corrected chi connectivity index (χ2v) is 11.7. The van der Waals surface area contributed by atoms with Gasteiger partial charge in [-0.3, -0.25) is 0 Å². The summed E-state index contributed by atoms with van der Waals surface area (Å²) in [6.07, 6.45) is 9.73. The van der Waals surface area contributed by atoms with Crippen LogP contribution in [0.5, 0.6) is 0 Å². The third-order valence-corrected chi connectivity index (χ3v) is 8.39. The van der Waals surface area contributed by atoms with Gasteiger partial charge in [-0.25, -0.2) is 0 Å². The molecule has 1 rings (SSSR count). The molecular formula is C23H41IS. The molecule has 0 saturated heterocycles. The largest absolute Gasteiger partial charge is 0.134 e. The molecule has 1 aromatic rings. The van der Waals surface area contributed by atoms with E-state index in [1.807, 2.05) is 11.3 Å². The van der Waals surface area contributed by atoms with Crippen molar-refractivity contribution in [3.05, 3.63) is 19.9 Å². The highest BCUT2D eigenvalue weighted by Crippen LogP contribution is 2.56. The summed E-state index contributed by atoms with van der Waals surface area (Å²) >= 11 is 4.53. The Bertz CT molecular complexity index is 450. The van der Waals surface area contributed by atoms with Crippen molar-refractivity contribution < 1.29 is 0 Å². The van der Waals surface area contributed by atoms with E-state index in [0.29, 0.717) is 29.1 Å².